The van der Waals surface area contributed by atoms with Gasteiger partial charge in [0.25, 0.3) is 5.91 Å². The van der Waals surface area contributed by atoms with Gasteiger partial charge >= 0.3 is 0 Å². The predicted molar refractivity (Wildman–Crippen MR) is 125 cm³/mol. The zero-order valence-electron chi connectivity index (χ0n) is 15.5. The normalized spacial score (nSPS) is 10.9. The predicted octanol–water partition coefficient (Wildman–Crippen LogP) is 6.65. The summed E-state index contributed by atoms with van der Waals surface area (Å²) in [5.74, 6) is 0.460. The zero-order chi connectivity index (χ0) is 22.4. The number of nitrogens with zero attached hydrogens (tertiary/aromatic N) is 1. The van der Waals surface area contributed by atoms with Crippen LogP contribution in [0.2, 0.25) is 25.1 Å². The Kier molecular flexibility index (Phi) is 9.66. The molecule has 0 saturated heterocycles. The monoisotopic (exact) mass is 576 g/mol. The first kappa shape index (κ1) is 25.2. The van der Waals surface area contributed by atoms with Gasteiger partial charge < -0.3 is 14.2 Å². The van der Waals surface area contributed by atoms with Crippen molar-refractivity contribution in [3.05, 3.63) is 47.3 Å². The molecule has 6 nitrogen and oxygen atoms in total. The highest BCUT2D eigenvalue weighted by Crippen LogP contribution is 2.48. The third-order valence-electron chi connectivity index (χ3n) is 3.46. The molecule has 0 fully saturated rings. The molecule has 0 aromatic heterocycles. The van der Waals surface area contributed by atoms with E-state index in [-0.39, 0.29) is 30.9 Å². The molecule has 0 radical (unpaired) electrons. The minimum atomic E-state index is -0.572. The van der Waals surface area contributed by atoms with Gasteiger partial charge in [-0.25, -0.2) is 5.43 Å². The SMILES string of the molecule is CCOc1c(Br)cc(C=NNC(=O)COc2c(Cl)c(Cl)c(Cl)c(Cl)c2Cl)cc1OC. The Balaban J connectivity index is 2.04. The van der Waals surface area contributed by atoms with Gasteiger partial charge in [0.05, 0.1) is 39.5 Å². The lowest BCUT2D eigenvalue weighted by Gasteiger charge is -2.13. The molecule has 1 amide bonds. The second kappa shape index (κ2) is 11.5. The quantitative estimate of drug-likeness (QED) is 0.165. The van der Waals surface area contributed by atoms with E-state index in [9.17, 15) is 4.79 Å². The summed E-state index contributed by atoms with van der Waals surface area (Å²) < 4.78 is 16.8. The number of benzene rings is 2. The van der Waals surface area contributed by atoms with Crippen LogP contribution in [0.25, 0.3) is 0 Å². The number of hydrogen-bond acceptors (Lipinski definition) is 5. The molecule has 0 bridgehead atoms. The summed E-state index contributed by atoms with van der Waals surface area (Å²) in [4.78, 5) is 12.0. The highest BCUT2D eigenvalue weighted by Gasteiger charge is 2.21. The van der Waals surface area contributed by atoms with Crippen molar-refractivity contribution in [2.75, 3.05) is 20.3 Å². The van der Waals surface area contributed by atoms with Crippen LogP contribution in [-0.4, -0.2) is 32.4 Å². The zero-order valence-corrected chi connectivity index (χ0v) is 20.9. The average Bonchev–Trinajstić information content (AvgIpc) is 2.72. The van der Waals surface area contributed by atoms with Crippen molar-refractivity contribution in [2.24, 2.45) is 5.10 Å². The number of methoxy groups -OCH3 is 1. The third-order valence-corrected chi connectivity index (χ3v) is 6.29. The van der Waals surface area contributed by atoms with Crippen molar-refractivity contribution < 1.29 is 19.0 Å². The van der Waals surface area contributed by atoms with Crippen LogP contribution >= 0.6 is 73.9 Å². The van der Waals surface area contributed by atoms with Crippen LogP contribution in [0.4, 0.5) is 0 Å². The average molecular weight is 579 g/mol. The van der Waals surface area contributed by atoms with Crippen molar-refractivity contribution in [3.8, 4) is 17.2 Å². The maximum absolute atomic E-state index is 12.0. The molecule has 0 heterocycles. The largest absolute Gasteiger partial charge is 0.493 e. The fourth-order valence-corrected chi connectivity index (χ4v) is 3.96. The number of ether oxygens (including phenoxy) is 3. The summed E-state index contributed by atoms with van der Waals surface area (Å²) in [5, 5.41) is 3.70. The van der Waals surface area contributed by atoms with Crippen LogP contribution in [0.5, 0.6) is 17.2 Å². The van der Waals surface area contributed by atoms with Gasteiger partial charge in [-0.2, -0.15) is 5.10 Å². The van der Waals surface area contributed by atoms with Crippen molar-refractivity contribution in [1.29, 1.82) is 0 Å². The molecule has 0 unspecified atom stereocenters. The van der Waals surface area contributed by atoms with E-state index >= 15 is 0 Å². The van der Waals surface area contributed by atoms with Gasteiger partial charge in [-0.05, 0) is 40.5 Å². The molecule has 0 spiro atoms. The third kappa shape index (κ3) is 5.99. The summed E-state index contributed by atoms with van der Waals surface area (Å²) in [5.41, 5.74) is 2.98. The van der Waals surface area contributed by atoms with Crippen LogP contribution in [0, 0.1) is 0 Å². The Morgan fingerprint density at radius 3 is 2.20 bits per heavy atom. The van der Waals surface area contributed by atoms with Crippen LogP contribution < -0.4 is 19.6 Å². The van der Waals surface area contributed by atoms with Crippen molar-refractivity contribution in [2.45, 2.75) is 6.92 Å². The maximum Gasteiger partial charge on any atom is 0.277 e. The first-order chi connectivity index (χ1) is 14.2. The smallest absolute Gasteiger partial charge is 0.277 e. The van der Waals surface area contributed by atoms with Gasteiger partial charge in [-0.3, -0.25) is 4.79 Å². The molecule has 2 aromatic carbocycles. The van der Waals surface area contributed by atoms with Gasteiger partial charge in [0.15, 0.2) is 23.9 Å². The minimum Gasteiger partial charge on any atom is -0.493 e. The summed E-state index contributed by atoms with van der Waals surface area (Å²) in [6.07, 6.45) is 1.43. The van der Waals surface area contributed by atoms with E-state index in [2.05, 4.69) is 26.5 Å². The second-order valence-electron chi connectivity index (χ2n) is 5.45. The second-order valence-corrected chi connectivity index (χ2v) is 8.19. The molecule has 30 heavy (non-hydrogen) atoms. The minimum absolute atomic E-state index is 0.00770. The topological polar surface area (TPSA) is 69.2 Å². The highest BCUT2D eigenvalue weighted by molar-refractivity contribution is 9.10. The van der Waals surface area contributed by atoms with Gasteiger partial charge in [0, 0.05) is 0 Å². The van der Waals surface area contributed by atoms with Crippen molar-refractivity contribution >= 4 is 86.1 Å². The lowest BCUT2D eigenvalue weighted by Crippen LogP contribution is -2.24. The molecule has 12 heteroatoms. The van der Waals surface area contributed by atoms with E-state index < -0.39 is 12.5 Å². The fraction of sp³-hybridized carbons (Fsp3) is 0.222. The van der Waals surface area contributed by atoms with Gasteiger partial charge in [0.1, 0.15) is 10.0 Å². The Bertz CT molecular complexity index is 959. The molecule has 2 rings (SSSR count). The van der Waals surface area contributed by atoms with Crippen molar-refractivity contribution in [1.82, 2.24) is 5.43 Å². The standard InChI is InChI=1S/C18H14BrCl5N2O4/c1-3-29-17-9(19)4-8(5-10(17)28-2)6-25-26-11(27)7-30-18-15(23)13(21)12(20)14(22)16(18)24/h4-6H,3,7H2,1-2H3,(H,26,27). The molecule has 0 aliphatic heterocycles. The Hall–Kier alpha value is -1.09. The highest BCUT2D eigenvalue weighted by atomic mass is 79.9. The van der Waals surface area contributed by atoms with Gasteiger partial charge in [-0.15, -0.1) is 0 Å². The van der Waals surface area contributed by atoms with Crippen LogP contribution in [-0.2, 0) is 4.79 Å². The summed E-state index contributed by atoms with van der Waals surface area (Å²) >= 11 is 33.3. The van der Waals surface area contributed by atoms with E-state index in [1.54, 1.807) is 12.1 Å². The molecule has 0 aliphatic rings. The van der Waals surface area contributed by atoms with Crippen LogP contribution in [0.3, 0.4) is 0 Å². The number of halogens is 6. The molecular formula is C18H14BrCl5N2O4. The van der Waals surface area contributed by atoms with Crippen LogP contribution in [0.1, 0.15) is 12.5 Å². The molecule has 1 N–H and O–H groups in total. The van der Waals surface area contributed by atoms with E-state index in [0.717, 1.165) is 0 Å². The number of nitrogens with one attached hydrogen (secondary N) is 1. The van der Waals surface area contributed by atoms with Crippen molar-refractivity contribution in [3.63, 3.8) is 0 Å². The van der Waals surface area contributed by atoms with Crippen LogP contribution in [0.15, 0.2) is 21.7 Å². The molecule has 0 saturated carbocycles. The fourth-order valence-electron chi connectivity index (χ4n) is 2.16. The number of hydrazone groups is 1. The van der Waals surface area contributed by atoms with E-state index in [0.29, 0.717) is 28.1 Å². The lowest BCUT2D eigenvalue weighted by molar-refractivity contribution is -0.123. The Morgan fingerprint density at radius 2 is 1.63 bits per heavy atom. The molecule has 0 aliphatic carbocycles. The molecular weight excluding hydrogens is 565 g/mol. The number of rotatable bonds is 8. The lowest BCUT2D eigenvalue weighted by atomic mass is 10.2. The molecule has 2 aromatic rings. The summed E-state index contributed by atoms with van der Waals surface area (Å²) in [6, 6.07) is 3.47. The number of carbonyl (C=O) groups excluding carboxylic acids is 1. The summed E-state index contributed by atoms with van der Waals surface area (Å²) in [7, 11) is 1.52. The maximum atomic E-state index is 12.0. The Morgan fingerprint density at radius 1 is 1.03 bits per heavy atom. The molecule has 162 valence electrons. The summed E-state index contributed by atoms with van der Waals surface area (Å²) in [6.45, 7) is 1.91. The van der Waals surface area contributed by atoms with E-state index in [4.69, 9.17) is 72.2 Å². The first-order valence-corrected chi connectivity index (χ1v) is 10.9. The van der Waals surface area contributed by atoms with Gasteiger partial charge in [0.2, 0.25) is 0 Å². The number of hydrogen-bond donors (Lipinski definition) is 1. The number of amides is 1. The van der Waals surface area contributed by atoms with E-state index in [1.165, 1.54) is 13.3 Å². The Labute approximate surface area is 206 Å². The number of carbonyl (C=O) groups is 1. The van der Waals surface area contributed by atoms with Gasteiger partial charge in [-0.1, -0.05) is 58.0 Å². The van der Waals surface area contributed by atoms with E-state index in [1.807, 2.05) is 6.92 Å². The molecule has 0 atom stereocenters. The first-order valence-electron chi connectivity index (χ1n) is 8.17.